The normalized spacial score (nSPS) is 13.3. The van der Waals surface area contributed by atoms with Gasteiger partial charge in [0.25, 0.3) is 0 Å². The van der Waals surface area contributed by atoms with Gasteiger partial charge in [-0.2, -0.15) is 0 Å². The van der Waals surface area contributed by atoms with E-state index in [1.165, 1.54) is 5.56 Å². The number of anilines is 1. The number of hydrogen-bond acceptors (Lipinski definition) is 4. The van der Waals surface area contributed by atoms with Crippen LogP contribution >= 0.6 is 0 Å². The minimum atomic E-state index is -0.108. The average Bonchev–Trinajstić information content (AvgIpc) is 3.46. The van der Waals surface area contributed by atoms with Crippen molar-refractivity contribution in [3.8, 4) is 11.4 Å². The zero-order chi connectivity index (χ0) is 19.3. The highest BCUT2D eigenvalue weighted by Gasteiger charge is 2.28. The summed E-state index contributed by atoms with van der Waals surface area (Å²) in [6.45, 7) is 0.703. The Morgan fingerprint density at radius 3 is 2.61 bits per heavy atom. The molecule has 1 saturated carbocycles. The van der Waals surface area contributed by atoms with Gasteiger partial charge in [-0.3, -0.25) is 0 Å². The third-order valence-electron chi connectivity index (χ3n) is 4.93. The van der Waals surface area contributed by atoms with Gasteiger partial charge in [0, 0.05) is 24.8 Å². The van der Waals surface area contributed by atoms with Crippen LogP contribution in [-0.4, -0.2) is 44.7 Å². The maximum atomic E-state index is 12.4. The number of urea groups is 1. The van der Waals surface area contributed by atoms with E-state index in [0.717, 1.165) is 42.8 Å². The van der Waals surface area contributed by atoms with E-state index < -0.39 is 0 Å². The van der Waals surface area contributed by atoms with Gasteiger partial charge in [0.05, 0.1) is 6.04 Å². The van der Waals surface area contributed by atoms with Crippen LogP contribution in [0.5, 0.6) is 0 Å². The molecule has 1 aliphatic rings. The second-order valence-corrected chi connectivity index (χ2v) is 7.20. The fourth-order valence-electron chi connectivity index (χ4n) is 3.14. The van der Waals surface area contributed by atoms with Crippen molar-refractivity contribution in [2.75, 3.05) is 18.9 Å². The molecule has 1 aliphatic carbocycles. The van der Waals surface area contributed by atoms with Gasteiger partial charge in [-0.15, -0.1) is 5.10 Å². The molecule has 0 atom stereocenters. The van der Waals surface area contributed by atoms with Gasteiger partial charge in [0.15, 0.2) is 5.82 Å². The fraction of sp³-hybridized carbons (Fsp3) is 0.333. The number of carbonyl (C=O) groups is 1. The average molecular weight is 376 g/mol. The zero-order valence-corrected chi connectivity index (χ0v) is 16.0. The van der Waals surface area contributed by atoms with E-state index in [-0.39, 0.29) is 6.03 Å². The van der Waals surface area contributed by atoms with Gasteiger partial charge >= 0.3 is 6.03 Å². The summed E-state index contributed by atoms with van der Waals surface area (Å²) in [4.78, 5) is 14.1. The van der Waals surface area contributed by atoms with Gasteiger partial charge < -0.3 is 10.2 Å². The first kappa shape index (κ1) is 18.2. The molecule has 28 heavy (non-hydrogen) atoms. The predicted octanol–water partition coefficient (Wildman–Crippen LogP) is 3.77. The fourth-order valence-corrected chi connectivity index (χ4v) is 3.14. The number of carbonyl (C=O) groups excluding carboxylic acids is 1. The second-order valence-electron chi connectivity index (χ2n) is 7.20. The molecule has 0 radical (unpaired) electrons. The molecule has 144 valence electrons. The summed E-state index contributed by atoms with van der Waals surface area (Å²) in [6, 6.07) is 18.3. The van der Waals surface area contributed by atoms with Crippen LogP contribution in [-0.2, 0) is 6.42 Å². The number of amides is 2. The summed E-state index contributed by atoms with van der Waals surface area (Å²) in [5.41, 5.74) is 3.00. The Kier molecular flexibility index (Phi) is 5.32. The van der Waals surface area contributed by atoms with Crippen molar-refractivity contribution >= 4 is 11.7 Å². The minimum absolute atomic E-state index is 0.108. The molecule has 0 saturated heterocycles. The first-order valence-corrected chi connectivity index (χ1v) is 9.65. The first-order valence-electron chi connectivity index (χ1n) is 9.65. The standard InChI is InChI=1S/C21H24N6O/c1-26(15-5-8-16-6-3-2-4-7-16)21(28)22-18-11-9-17(10-12-18)20-23-24-25-27(20)19-13-14-19/h2-4,6-7,9-12,19H,5,8,13-15H2,1H3,(H,22,28). The molecule has 0 aliphatic heterocycles. The number of nitrogens with zero attached hydrogens (tertiary/aromatic N) is 5. The Morgan fingerprint density at radius 1 is 1.14 bits per heavy atom. The van der Waals surface area contributed by atoms with Crippen molar-refractivity contribution in [3.05, 3.63) is 60.2 Å². The van der Waals surface area contributed by atoms with E-state index in [1.807, 2.05) is 54.2 Å². The van der Waals surface area contributed by atoms with Gasteiger partial charge in [-0.25, -0.2) is 9.48 Å². The van der Waals surface area contributed by atoms with Crippen LogP contribution in [0.4, 0.5) is 10.5 Å². The lowest BCUT2D eigenvalue weighted by atomic mass is 10.1. The molecule has 1 aromatic heterocycles. The number of benzene rings is 2. The lowest BCUT2D eigenvalue weighted by Gasteiger charge is -2.18. The largest absolute Gasteiger partial charge is 0.328 e. The van der Waals surface area contributed by atoms with Crippen LogP contribution in [0.3, 0.4) is 0 Å². The summed E-state index contributed by atoms with van der Waals surface area (Å²) in [7, 11) is 1.82. The monoisotopic (exact) mass is 376 g/mol. The number of tetrazole rings is 1. The summed E-state index contributed by atoms with van der Waals surface area (Å²) in [5, 5.41) is 14.9. The van der Waals surface area contributed by atoms with Crippen molar-refractivity contribution in [2.45, 2.75) is 31.7 Å². The second kappa shape index (κ2) is 8.21. The number of aryl methyl sites for hydroxylation is 1. The van der Waals surface area contributed by atoms with Crippen molar-refractivity contribution in [1.29, 1.82) is 0 Å². The van der Waals surface area contributed by atoms with Crippen LogP contribution < -0.4 is 5.32 Å². The maximum absolute atomic E-state index is 12.4. The lowest BCUT2D eigenvalue weighted by Crippen LogP contribution is -2.32. The van der Waals surface area contributed by atoms with Crippen molar-refractivity contribution in [3.63, 3.8) is 0 Å². The minimum Gasteiger partial charge on any atom is -0.328 e. The quantitative estimate of drug-likeness (QED) is 0.681. The molecule has 3 aromatic rings. The van der Waals surface area contributed by atoms with Crippen LogP contribution in [0, 0.1) is 0 Å². The first-order chi connectivity index (χ1) is 13.7. The number of hydrogen-bond donors (Lipinski definition) is 1. The van der Waals surface area contributed by atoms with Gasteiger partial charge in [-0.1, -0.05) is 30.3 Å². The molecule has 2 aromatic carbocycles. The molecular formula is C21H24N6O. The van der Waals surface area contributed by atoms with Gasteiger partial charge in [0.2, 0.25) is 0 Å². The molecule has 2 amide bonds. The molecule has 1 heterocycles. The number of aromatic nitrogens is 4. The Labute approximate surface area is 164 Å². The Hall–Kier alpha value is -3.22. The molecule has 7 nitrogen and oxygen atoms in total. The molecule has 4 rings (SSSR count). The van der Waals surface area contributed by atoms with Crippen LogP contribution in [0.25, 0.3) is 11.4 Å². The number of nitrogens with one attached hydrogen (secondary N) is 1. The van der Waals surface area contributed by atoms with Gasteiger partial charge in [0.1, 0.15) is 0 Å². The molecule has 1 fully saturated rings. The van der Waals surface area contributed by atoms with Crippen LogP contribution in [0.2, 0.25) is 0 Å². The van der Waals surface area contributed by atoms with Crippen molar-refractivity contribution < 1.29 is 4.79 Å². The van der Waals surface area contributed by atoms with Crippen LogP contribution in [0.1, 0.15) is 30.9 Å². The molecule has 0 bridgehead atoms. The van der Waals surface area contributed by atoms with E-state index in [1.54, 1.807) is 4.90 Å². The van der Waals surface area contributed by atoms with E-state index in [0.29, 0.717) is 12.6 Å². The summed E-state index contributed by atoms with van der Waals surface area (Å²) < 4.78 is 1.88. The predicted molar refractivity (Wildman–Crippen MR) is 108 cm³/mol. The van der Waals surface area contributed by atoms with Crippen molar-refractivity contribution in [1.82, 2.24) is 25.1 Å². The summed E-state index contributed by atoms with van der Waals surface area (Å²) in [5.74, 6) is 0.776. The van der Waals surface area contributed by atoms with Crippen LogP contribution in [0.15, 0.2) is 54.6 Å². The molecule has 0 spiro atoms. The van der Waals surface area contributed by atoms with Gasteiger partial charge in [-0.05, 0) is 65.9 Å². The highest BCUT2D eigenvalue weighted by atomic mass is 16.2. The Balaban J connectivity index is 1.29. The molecular weight excluding hydrogens is 352 g/mol. The summed E-state index contributed by atoms with van der Waals surface area (Å²) >= 11 is 0. The highest BCUT2D eigenvalue weighted by Crippen LogP contribution is 2.36. The van der Waals surface area contributed by atoms with E-state index in [4.69, 9.17) is 0 Å². The SMILES string of the molecule is CN(CCCc1ccccc1)C(=O)Nc1ccc(-c2nnnn2C2CC2)cc1. The lowest BCUT2D eigenvalue weighted by molar-refractivity contribution is 0.222. The highest BCUT2D eigenvalue weighted by molar-refractivity contribution is 5.89. The molecule has 1 N–H and O–H groups in total. The molecule has 7 heteroatoms. The van der Waals surface area contributed by atoms with E-state index >= 15 is 0 Å². The Morgan fingerprint density at radius 2 is 1.89 bits per heavy atom. The number of rotatable bonds is 7. The zero-order valence-electron chi connectivity index (χ0n) is 16.0. The van der Waals surface area contributed by atoms with Crippen molar-refractivity contribution in [2.24, 2.45) is 0 Å². The van der Waals surface area contributed by atoms with E-state index in [9.17, 15) is 4.79 Å². The molecule has 0 unspecified atom stereocenters. The smallest absolute Gasteiger partial charge is 0.321 e. The van der Waals surface area contributed by atoms with E-state index in [2.05, 4.69) is 33.0 Å². The summed E-state index contributed by atoms with van der Waals surface area (Å²) in [6.07, 6.45) is 4.14. The third kappa shape index (κ3) is 4.36. The maximum Gasteiger partial charge on any atom is 0.321 e. The Bertz CT molecular complexity index is 918. The third-order valence-corrected chi connectivity index (χ3v) is 4.93. The topological polar surface area (TPSA) is 75.9 Å².